The van der Waals surface area contributed by atoms with Crippen LogP contribution in [0.1, 0.15) is 52.4 Å². The first kappa shape index (κ1) is 18.8. The van der Waals surface area contributed by atoms with Gasteiger partial charge in [0.05, 0.1) is 17.9 Å². The molecule has 0 saturated heterocycles. The normalized spacial score (nSPS) is 51.7. The number of aliphatic hydroxyl groups excluding tert-OH is 1. The minimum Gasteiger partial charge on any atom is -0.411 e. The highest BCUT2D eigenvalue weighted by Gasteiger charge is 2.73. The number of allylic oxidation sites excluding steroid dienone is 4. The van der Waals surface area contributed by atoms with Gasteiger partial charge in [0.15, 0.2) is 11.5 Å². The maximum absolute atomic E-state index is 16.8. The van der Waals surface area contributed by atoms with Gasteiger partial charge in [0, 0.05) is 23.2 Å². The number of nitrogens with zero attached hydrogens (tertiary/aromatic N) is 1. The van der Waals surface area contributed by atoms with E-state index in [1.807, 2.05) is 13.0 Å². The topological polar surface area (TPSA) is 90.1 Å². The molecule has 4 rings (SSSR count). The number of halogens is 1. The Hall–Kier alpha value is -1.53. The van der Waals surface area contributed by atoms with Crippen molar-refractivity contribution < 1.29 is 24.6 Å². The highest BCUT2D eigenvalue weighted by Crippen LogP contribution is 2.68. The summed E-state index contributed by atoms with van der Waals surface area (Å²) in [5.74, 6) is -0.906. The third-order valence-electron chi connectivity index (χ3n) is 8.36. The summed E-state index contributed by atoms with van der Waals surface area (Å²) in [5, 5.41) is 35.0. The van der Waals surface area contributed by atoms with E-state index in [0.29, 0.717) is 31.3 Å². The maximum atomic E-state index is 16.8. The highest BCUT2D eigenvalue weighted by molar-refractivity contribution is 5.92. The highest BCUT2D eigenvalue weighted by atomic mass is 19.1. The average Bonchev–Trinajstić information content (AvgIpc) is 2.91. The molecule has 0 amide bonds. The number of fused-ring (bicyclic) bond motifs is 5. The predicted molar refractivity (Wildman–Crippen MR) is 98.2 cm³/mol. The van der Waals surface area contributed by atoms with Gasteiger partial charge in [-0.05, 0) is 49.7 Å². The number of carbonyl (C=O) groups excluding carboxylic acids is 1. The Morgan fingerprint density at radius 1 is 1.41 bits per heavy atom. The fourth-order valence-electron chi connectivity index (χ4n) is 6.72. The Bertz CT molecular complexity index is 763. The molecule has 148 valence electrons. The summed E-state index contributed by atoms with van der Waals surface area (Å²) in [6.45, 7) is 3.67. The van der Waals surface area contributed by atoms with Crippen LogP contribution in [0.25, 0.3) is 0 Å². The van der Waals surface area contributed by atoms with Gasteiger partial charge in [-0.15, -0.1) is 5.16 Å². The molecule has 2 saturated carbocycles. The summed E-state index contributed by atoms with van der Waals surface area (Å²) in [5.41, 5.74) is -4.34. The van der Waals surface area contributed by atoms with E-state index >= 15 is 4.39 Å². The van der Waals surface area contributed by atoms with Crippen molar-refractivity contribution in [3.8, 4) is 0 Å². The van der Waals surface area contributed by atoms with E-state index in [4.69, 9.17) is 0 Å². The van der Waals surface area contributed by atoms with Crippen molar-refractivity contribution in [1.29, 1.82) is 0 Å². The average molecular weight is 377 g/mol. The summed E-state index contributed by atoms with van der Waals surface area (Å²) in [6.07, 6.45) is 7.24. The molecule has 0 radical (unpaired) electrons. The Labute approximate surface area is 158 Å². The van der Waals surface area contributed by atoms with Crippen molar-refractivity contribution in [2.24, 2.45) is 27.8 Å². The maximum Gasteiger partial charge on any atom is 0.156 e. The lowest BCUT2D eigenvalue weighted by Crippen LogP contribution is -2.68. The fourth-order valence-corrected chi connectivity index (χ4v) is 6.72. The zero-order chi connectivity index (χ0) is 19.7. The van der Waals surface area contributed by atoms with E-state index in [0.717, 1.165) is 0 Å². The van der Waals surface area contributed by atoms with Gasteiger partial charge in [-0.3, -0.25) is 4.79 Å². The monoisotopic (exact) mass is 377 g/mol. The fraction of sp³-hybridized carbons (Fsp3) is 0.714. The van der Waals surface area contributed by atoms with Crippen molar-refractivity contribution in [1.82, 2.24) is 0 Å². The van der Waals surface area contributed by atoms with Crippen LogP contribution in [0, 0.1) is 22.7 Å². The summed E-state index contributed by atoms with van der Waals surface area (Å²) >= 11 is 0. The molecule has 27 heavy (non-hydrogen) atoms. The first-order valence-electron chi connectivity index (χ1n) is 9.90. The molecule has 0 aliphatic heterocycles. The van der Waals surface area contributed by atoms with Gasteiger partial charge in [-0.2, -0.15) is 0 Å². The molecule has 0 aromatic heterocycles. The second-order valence-electron chi connectivity index (χ2n) is 9.09. The van der Waals surface area contributed by atoms with E-state index in [1.165, 1.54) is 12.3 Å². The van der Waals surface area contributed by atoms with Crippen LogP contribution in [0.15, 0.2) is 29.0 Å². The Balaban J connectivity index is 1.89. The van der Waals surface area contributed by atoms with Crippen LogP contribution in [0.3, 0.4) is 0 Å². The van der Waals surface area contributed by atoms with E-state index in [1.54, 1.807) is 13.0 Å². The van der Waals surface area contributed by atoms with Crippen molar-refractivity contribution in [2.75, 3.05) is 0 Å². The van der Waals surface area contributed by atoms with Gasteiger partial charge >= 0.3 is 0 Å². The molecule has 0 heterocycles. The molecular formula is C21H28FNO4. The summed E-state index contributed by atoms with van der Waals surface area (Å²) in [4.78, 5) is 11.9. The van der Waals surface area contributed by atoms with Crippen molar-refractivity contribution >= 4 is 12.0 Å². The van der Waals surface area contributed by atoms with Gasteiger partial charge < -0.3 is 15.4 Å². The summed E-state index contributed by atoms with van der Waals surface area (Å²) < 4.78 is 16.8. The minimum absolute atomic E-state index is 0.00369. The predicted octanol–water partition coefficient (Wildman–Crippen LogP) is 2.94. The van der Waals surface area contributed by atoms with Crippen LogP contribution in [-0.4, -0.2) is 44.8 Å². The number of rotatable bonds is 2. The third-order valence-corrected chi connectivity index (χ3v) is 8.36. The molecule has 4 aliphatic carbocycles. The number of aliphatic hydroxyl groups is 2. The number of alkyl halides is 1. The number of carbonyl (C=O) groups is 1. The molecule has 0 aromatic carbocycles. The van der Waals surface area contributed by atoms with Gasteiger partial charge in [-0.1, -0.05) is 26.0 Å². The summed E-state index contributed by atoms with van der Waals surface area (Å²) in [6, 6.07) is 0. The first-order valence-corrected chi connectivity index (χ1v) is 9.90. The Kier molecular flexibility index (Phi) is 4.00. The van der Waals surface area contributed by atoms with Crippen LogP contribution in [0.5, 0.6) is 0 Å². The van der Waals surface area contributed by atoms with E-state index < -0.39 is 34.1 Å². The molecule has 0 aromatic rings. The third kappa shape index (κ3) is 2.06. The van der Waals surface area contributed by atoms with Crippen LogP contribution >= 0.6 is 0 Å². The molecule has 2 fully saturated rings. The number of hydrogen-bond acceptors (Lipinski definition) is 5. The van der Waals surface area contributed by atoms with Crippen molar-refractivity contribution in [3.05, 3.63) is 23.8 Å². The standard InChI is InChI=1S/C21H28FNO4/c1-3-20(26)9-7-15-16-5-4-13-10-14(24)6-8-18(13,2)21(16,22)17(25)11-19(15,20)12-23-27/h4-5,10,12,15-17,25-27H,3,6-9,11H2,1-2H3/t15-,16-,17?,18-,19+,20+,21-/m0/s1. The lowest BCUT2D eigenvalue weighted by molar-refractivity contribution is -0.194. The molecule has 5 nitrogen and oxygen atoms in total. The Morgan fingerprint density at radius 3 is 2.81 bits per heavy atom. The van der Waals surface area contributed by atoms with Crippen LogP contribution in [0.4, 0.5) is 4.39 Å². The van der Waals surface area contributed by atoms with Gasteiger partial charge in [0.2, 0.25) is 0 Å². The molecule has 0 bridgehead atoms. The van der Waals surface area contributed by atoms with Crippen molar-refractivity contribution in [2.45, 2.75) is 69.7 Å². The molecule has 4 aliphatic rings. The first-order chi connectivity index (χ1) is 12.7. The largest absolute Gasteiger partial charge is 0.411 e. The number of hydrogen-bond donors (Lipinski definition) is 3. The molecule has 0 spiro atoms. The van der Waals surface area contributed by atoms with Crippen LogP contribution in [0.2, 0.25) is 0 Å². The molecular weight excluding hydrogens is 349 g/mol. The smallest absolute Gasteiger partial charge is 0.156 e. The lowest BCUT2D eigenvalue weighted by atomic mass is 9.45. The van der Waals surface area contributed by atoms with Gasteiger partial charge in [-0.25, -0.2) is 4.39 Å². The van der Waals surface area contributed by atoms with Crippen LogP contribution in [-0.2, 0) is 4.79 Å². The lowest BCUT2D eigenvalue weighted by Gasteiger charge is -2.61. The zero-order valence-electron chi connectivity index (χ0n) is 15.9. The van der Waals surface area contributed by atoms with E-state index in [-0.39, 0.29) is 24.5 Å². The van der Waals surface area contributed by atoms with E-state index in [2.05, 4.69) is 5.16 Å². The zero-order valence-corrected chi connectivity index (χ0v) is 15.9. The summed E-state index contributed by atoms with van der Waals surface area (Å²) in [7, 11) is 0. The second kappa shape index (κ2) is 5.74. The minimum atomic E-state index is -1.93. The molecule has 3 N–H and O–H groups in total. The SMILES string of the molecule is CC[C@@]1(O)CC[C@H]2[C@@H]3C=CC4=CC(=O)CC[C@]4(C)[C@@]3(F)C(O)C[C@@]21C=NO. The quantitative estimate of drug-likeness (QED) is 0.392. The van der Waals surface area contributed by atoms with Crippen LogP contribution < -0.4 is 0 Å². The molecule has 7 atom stereocenters. The van der Waals surface area contributed by atoms with E-state index in [9.17, 15) is 20.2 Å². The second-order valence-corrected chi connectivity index (χ2v) is 9.09. The number of ketones is 1. The number of oxime groups is 1. The molecule has 6 heteroatoms. The van der Waals surface area contributed by atoms with Gasteiger partial charge in [0.25, 0.3) is 0 Å². The Morgan fingerprint density at radius 2 is 2.15 bits per heavy atom. The molecule has 1 unspecified atom stereocenters. The van der Waals surface area contributed by atoms with Gasteiger partial charge in [0.1, 0.15) is 0 Å². The van der Waals surface area contributed by atoms with Crippen molar-refractivity contribution in [3.63, 3.8) is 0 Å².